The Balaban J connectivity index is 2.05. The fourth-order valence-corrected chi connectivity index (χ4v) is 5.89. The summed E-state index contributed by atoms with van der Waals surface area (Å²) in [7, 11) is 2.09. The third-order valence-electron chi connectivity index (χ3n) is 5.72. The van der Waals surface area contributed by atoms with Crippen LogP contribution in [0.5, 0.6) is 5.75 Å². The molecule has 0 saturated carbocycles. The molecule has 4 heteroatoms. The molecule has 3 aromatic rings. The molecule has 0 fully saturated rings. The van der Waals surface area contributed by atoms with Crippen LogP contribution in [0, 0.1) is 6.92 Å². The molecular formula is C28H33O3P. The van der Waals surface area contributed by atoms with Gasteiger partial charge in [-0.05, 0) is 48.3 Å². The molecule has 2 unspecified atom stereocenters. The molecule has 3 rings (SSSR count). The van der Waals surface area contributed by atoms with E-state index in [9.17, 15) is 4.79 Å². The number of hydrogen-bond donors (Lipinski definition) is 0. The second-order valence-electron chi connectivity index (χ2n) is 8.46. The summed E-state index contributed by atoms with van der Waals surface area (Å²) < 4.78 is 11.2. The third-order valence-corrected chi connectivity index (χ3v) is 7.51. The van der Waals surface area contributed by atoms with Crippen molar-refractivity contribution in [2.75, 3.05) is 13.9 Å². The van der Waals surface area contributed by atoms with Crippen LogP contribution >= 0.6 is 8.58 Å². The summed E-state index contributed by atoms with van der Waals surface area (Å²) >= 11 is 0. The quantitative estimate of drug-likeness (QED) is 0.193. The van der Waals surface area contributed by atoms with Gasteiger partial charge in [-0.15, -0.1) is 0 Å². The summed E-state index contributed by atoms with van der Waals surface area (Å²) in [5, 5.41) is 0.949. The first-order valence-electron chi connectivity index (χ1n) is 11.1. The number of rotatable bonds is 11. The van der Waals surface area contributed by atoms with Crippen LogP contribution in [0.2, 0.25) is 0 Å². The van der Waals surface area contributed by atoms with E-state index in [0.29, 0.717) is 8.58 Å². The lowest BCUT2D eigenvalue weighted by Crippen LogP contribution is -2.22. The van der Waals surface area contributed by atoms with E-state index in [4.69, 9.17) is 9.47 Å². The first kappa shape index (κ1) is 24.2. The van der Waals surface area contributed by atoms with Gasteiger partial charge in [0.25, 0.3) is 0 Å². The van der Waals surface area contributed by atoms with Gasteiger partial charge in [0.1, 0.15) is 5.75 Å². The molecule has 2 atom stereocenters. The summed E-state index contributed by atoms with van der Waals surface area (Å²) in [5.74, 6) is 0.854. The molecule has 168 valence electrons. The first-order chi connectivity index (χ1) is 15.5. The van der Waals surface area contributed by atoms with Crippen LogP contribution in [0.4, 0.5) is 0 Å². The van der Waals surface area contributed by atoms with E-state index >= 15 is 0 Å². The summed E-state index contributed by atoms with van der Waals surface area (Å²) in [6.07, 6.45) is 3.89. The van der Waals surface area contributed by atoms with Crippen LogP contribution in [-0.4, -0.2) is 20.2 Å². The maximum Gasteiger partial charge on any atom is 0.188 e. The van der Waals surface area contributed by atoms with E-state index < -0.39 is 0 Å². The van der Waals surface area contributed by atoms with E-state index in [1.807, 2.05) is 19.1 Å². The minimum atomic E-state index is -0.155. The van der Waals surface area contributed by atoms with E-state index in [1.165, 1.54) is 16.7 Å². The second kappa shape index (κ2) is 11.4. The van der Waals surface area contributed by atoms with Crippen LogP contribution in [0.3, 0.4) is 0 Å². The van der Waals surface area contributed by atoms with Crippen LogP contribution in [0.25, 0.3) is 0 Å². The van der Waals surface area contributed by atoms with E-state index in [1.54, 1.807) is 7.11 Å². The van der Waals surface area contributed by atoms with Gasteiger partial charge in [-0.2, -0.15) is 0 Å². The Labute approximate surface area is 193 Å². The molecule has 0 spiro atoms. The lowest BCUT2D eigenvalue weighted by Gasteiger charge is -2.33. The fraction of sp³-hybridized carbons (Fsp3) is 0.321. The Hall–Kier alpha value is -2.48. The van der Waals surface area contributed by atoms with Crippen molar-refractivity contribution in [2.45, 2.75) is 45.2 Å². The molecule has 0 aromatic heterocycles. The molecule has 0 heterocycles. The van der Waals surface area contributed by atoms with Crippen molar-refractivity contribution in [1.29, 1.82) is 0 Å². The molecular weight excluding hydrogens is 415 g/mol. The maximum absolute atomic E-state index is 11.8. The number of benzene rings is 3. The van der Waals surface area contributed by atoms with Crippen molar-refractivity contribution >= 4 is 20.2 Å². The molecule has 0 N–H and O–H groups in total. The summed E-state index contributed by atoms with van der Waals surface area (Å²) in [4.78, 5) is 11.8. The zero-order chi connectivity index (χ0) is 23.0. The van der Waals surface area contributed by atoms with Gasteiger partial charge in [0.2, 0.25) is 0 Å². The van der Waals surface area contributed by atoms with Gasteiger partial charge in [-0.25, -0.2) is 0 Å². The zero-order valence-electron chi connectivity index (χ0n) is 19.5. The van der Waals surface area contributed by atoms with Crippen molar-refractivity contribution < 1.29 is 14.3 Å². The molecule has 3 nitrogen and oxygen atoms in total. The highest BCUT2D eigenvalue weighted by atomic mass is 31.1. The largest absolute Gasteiger partial charge is 0.467 e. The topological polar surface area (TPSA) is 35.5 Å². The molecule has 0 saturated heterocycles. The van der Waals surface area contributed by atoms with E-state index in [0.717, 1.165) is 47.7 Å². The number of aldehydes is 1. The minimum absolute atomic E-state index is 0.155. The molecule has 0 aliphatic rings. The van der Waals surface area contributed by atoms with Gasteiger partial charge in [-0.1, -0.05) is 89.0 Å². The molecule has 0 amide bonds. The van der Waals surface area contributed by atoms with Gasteiger partial charge in [0.15, 0.2) is 13.1 Å². The number of carbonyl (C=O) groups is 1. The van der Waals surface area contributed by atoms with Gasteiger partial charge in [0.05, 0.1) is 0 Å². The average molecular weight is 449 g/mol. The fourth-order valence-electron chi connectivity index (χ4n) is 4.15. The van der Waals surface area contributed by atoms with Crippen molar-refractivity contribution in [3.8, 4) is 5.75 Å². The van der Waals surface area contributed by atoms with Crippen molar-refractivity contribution in [3.05, 3.63) is 94.5 Å². The lowest BCUT2D eigenvalue weighted by molar-refractivity contribution is 0.0500. The Morgan fingerprint density at radius 2 is 1.78 bits per heavy atom. The molecule has 0 aliphatic heterocycles. The molecule has 0 radical (unpaired) electrons. The minimum Gasteiger partial charge on any atom is -0.467 e. The average Bonchev–Trinajstić information content (AvgIpc) is 2.80. The predicted octanol–water partition coefficient (Wildman–Crippen LogP) is 6.40. The highest BCUT2D eigenvalue weighted by molar-refractivity contribution is 7.48. The highest BCUT2D eigenvalue weighted by Gasteiger charge is 2.31. The summed E-state index contributed by atoms with van der Waals surface area (Å²) in [5.41, 5.74) is 5.60. The van der Waals surface area contributed by atoms with Crippen LogP contribution in [-0.2, 0) is 16.3 Å². The standard InChI is InChI=1S/C28H33O3P/c1-5-15-28(3,32-27-14-11-21(2)16-24(27)19-29)25-18-23(12-13-26(25)31-20-30-4)17-22-9-7-6-8-10-22/h6-14,16,18-19,32H,5,15,17,20H2,1-4H3. The van der Waals surface area contributed by atoms with Crippen LogP contribution in [0.1, 0.15) is 59.3 Å². The maximum atomic E-state index is 11.8. The van der Waals surface area contributed by atoms with Crippen LogP contribution < -0.4 is 10.0 Å². The number of carbonyl (C=O) groups excluding carboxylic acids is 1. The lowest BCUT2D eigenvalue weighted by atomic mass is 9.91. The summed E-state index contributed by atoms with van der Waals surface area (Å²) in [6.45, 7) is 6.74. The molecule has 0 bridgehead atoms. The Morgan fingerprint density at radius 3 is 2.47 bits per heavy atom. The number of methoxy groups -OCH3 is 1. The third kappa shape index (κ3) is 6.06. The molecule has 32 heavy (non-hydrogen) atoms. The molecule has 0 aliphatic carbocycles. The van der Waals surface area contributed by atoms with Gasteiger partial charge in [0, 0.05) is 23.4 Å². The summed E-state index contributed by atoms with van der Waals surface area (Å²) in [6, 6.07) is 23.2. The van der Waals surface area contributed by atoms with Gasteiger partial charge < -0.3 is 9.47 Å². The van der Waals surface area contributed by atoms with Gasteiger partial charge in [-0.3, -0.25) is 4.79 Å². The van der Waals surface area contributed by atoms with Crippen molar-refractivity contribution in [1.82, 2.24) is 0 Å². The van der Waals surface area contributed by atoms with Crippen LogP contribution in [0.15, 0.2) is 66.7 Å². The highest BCUT2D eigenvalue weighted by Crippen LogP contribution is 2.48. The smallest absolute Gasteiger partial charge is 0.188 e. The van der Waals surface area contributed by atoms with E-state index in [-0.39, 0.29) is 11.9 Å². The number of aryl methyl sites for hydroxylation is 1. The monoisotopic (exact) mass is 448 g/mol. The number of ether oxygens (including phenoxy) is 2. The second-order valence-corrected chi connectivity index (χ2v) is 10.4. The van der Waals surface area contributed by atoms with E-state index in [2.05, 4.69) is 68.4 Å². The predicted molar refractivity (Wildman–Crippen MR) is 135 cm³/mol. The number of hydrogen-bond acceptors (Lipinski definition) is 3. The van der Waals surface area contributed by atoms with Crippen molar-refractivity contribution in [2.24, 2.45) is 0 Å². The normalized spacial score (nSPS) is 13.2. The Bertz CT molecular complexity index is 1030. The first-order valence-corrected chi connectivity index (χ1v) is 12.1. The zero-order valence-corrected chi connectivity index (χ0v) is 20.5. The SMILES string of the molecule is CCCC(C)(Pc1ccc(C)cc1C=O)c1cc(Cc2ccccc2)ccc1OCOC. The Morgan fingerprint density at radius 1 is 1.00 bits per heavy atom. The Kier molecular flexibility index (Phi) is 8.61. The van der Waals surface area contributed by atoms with Gasteiger partial charge >= 0.3 is 0 Å². The van der Waals surface area contributed by atoms with Crippen molar-refractivity contribution in [3.63, 3.8) is 0 Å². The molecule has 3 aromatic carbocycles.